The van der Waals surface area contributed by atoms with Gasteiger partial charge in [-0.05, 0) is 30.2 Å². The van der Waals surface area contributed by atoms with E-state index >= 15 is 0 Å². The van der Waals surface area contributed by atoms with Crippen molar-refractivity contribution in [3.63, 3.8) is 0 Å². The highest BCUT2D eigenvalue weighted by Gasteiger charge is 2.14. The molecule has 1 unspecified atom stereocenters. The van der Waals surface area contributed by atoms with Crippen LogP contribution in [0.3, 0.4) is 0 Å². The zero-order valence-corrected chi connectivity index (χ0v) is 10.9. The average molecular weight is 219 g/mol. The minimum atomic E-state index is 0.415. The fraction of sp³-hybridized carbons (Fsp3) is 0.600. The topological polar surface area (TPSA) is 9.23 Å². The van der Waals surface area contributed by atoms with Crippen LogP contribution in [0.4, 0.5) is 0 Å². The van der Waals surface area contributed by atoms with E-state index in [4.69, 9.17) is 4.74 Å². The van der Waals surface area contributed by atoms with Crippen LogP contribution in [-0.4, -0.2) is 6.61 Å². The van der Waals surface area contributed by atoms with Gasteiger partial charge in [0.05, 0.1) is 6.61 Å². The average Bonchev–Trinajstić information content (AvgIpc) is 2.16. The number of hydrogen-bond donors (Lipinski definition) is 0. The van der Waals surface area contributed by atoms with Crippen molar-refractivity contribution >= 4 is 0 Å². The van der Waals surface area contributed by atoms with E-state index < -0.39 is 0 Å². The molecule has 1 heteroatoms. The summed E-state index contributed by atoms with van der Waals surface area (Å²) in [7, 11) is 0. The van der Waals surface area contributed by atoms with Crippen molar-refractivity contribution < 1.29 is 4.74 Å². The van der Waals surface area contributed by atoms with Gasteiger partial charge < -0.3 is 4.74 Å². The maximum absolute atomic E-state index is 5.64. The molecular formula is C15H23O. The van der Waals surface area contributed by atoms with Gasteiger partial charge in [-0.1, -0.05) is 45.9 Å². The monoisotopic (exact) mass is 219 g/mol. The predicted octanol–water partition coefficient (Wildman–Crippen LogP) is 4.33. The van der Waals surface area contributed by atoms with Crippen LogP contribution in [0.25, 0.3) is 0 Å². The third-order valence-corrected chi connectivity index (χ3v) is 2.51. The summed E-state index contributed by atoms with van der Waals surface area (Å²) in [5.74, 6) is 1.56. The summed E-state index contributed by atoms with van der Waals surface area (Å²) in [5, 5.41) is 0. The molecule has 0 aliphatic rings. The molecule has 0 aliphatic heterocycles. The Balaban J connectivity index is 2.21. The van der Waals surface area contributed by atoms with Crippen LogP contribution in [-0.2, 0) is 0 Å². The summed E-state index contributed by atoms with van der Waals surface area (Å²) >= 11 is 0. The zero-order chi connectivity index (χ0) is 12.0. The van der Waals surface area contributed by atoms with Gasteiger partial charge in [-0.15, -0.1) is 0 Å². The summed E-state index contributed by atoms with van der Waals surface area (Å²) in [6.45, 7) is 9.95. The van der Waals surface area contributed by atoms with Crippen LogP contribution in [0.5, 0.6) is 5.75 Å². The summed E-state index contributed by atoms with van der Waals surface area (Å²) in [6.07, 6.45) is 2.36. The highest BCUT2D eigenvalue weighted by Crippen LogP contribution is 2.25. The van der Waals surface area contributed by atoms with Crippen LogP contribution >= 0.6 is 0 Å². The quantitative estimate of drug-likeness (QED) is 0.716. The molecule has 16 heavy (non-hydrogen) atoms. The van der Waals surface area contributed by atoms with E-state index in [2.05, 4.69) is 33.8 Å². The molecule has 0 N–H and O–H groups in total. The largest absolute Gasteiger partial charge is 0.493 e. The zero-order valence-electron chi connectivity index (χ0n) is 10.9. The highest BCUT2D eigenvalue weighted by atomic mass is 16.5. The van der Waals surface area contributed by atoms with Gasteiger partial charge in [-0.2, -0.15) is 0 Å². The van der Waals surface area contributed by atoms with E-state index in [1.165, 1.54) is 6.42 Å². The lowest BCUT2D eigenvalue weighted by atomic mass is 9.84. The molecule has 1 nitrogen and oxygen atoms in total. The molecule has 0 heterocycles. The van der Waals surface area contributed by atoms with Gasteiger partial charge in [0.2, 0.25) is 0 Å². The van der Waals surface area contributed by atoms with Gasteiger partial charge >= 0.3 is 0 Å². The maximum atomic E-state index is 5.64. The molecule has 0 aliphatic carbocycles. The minimum Gasteiger partial charge on any atom is -0.493 e. The second-order valence-corrected chi connectivity index (χ2v) is 5.73. The molecule has 0 aromatic heterocycles. The van der Waals surface area contributed by atoms with Crippen molar-refractivity contribution in [1.82, 2.24) is 0 Å². The summed E-state index contributed by atoms with van der Waals surface area (Å²) < 4.78 is 5.64. The van der Waals surface area contributed by atoms with Crippen LogP contribution in [0, 0.1) is 17.4 Å². The summed E-state index contributed by atoms with van der Waals surface area (Å²) in [5.41, 5.74) is 0.415. The lowest BCUT2D eigenvalue weighted by molar-refractivity contribution is 0.240. The molecule has 0 saturated carbocycles. The summed E-state index contributed by atoms with van der Waals surface area (Å²) in [6, 6.07) is 10.8. The lowest BCUT2D eigenvalue weighted by Gasteiger charge is -2.23. The second-order valence-electron chi connectivity index (χ2n) is 5.73. The van der Waals surface area contributed by atoms with Crippen molar-refractivity contribution in [2.45, 2.75) is 40.5 Å². The van der Waals surface area contributed by atoms with Crippen LogP contribution in [0.1, 0.15) is 40.5 Å². The van der Waals surface area contributed by atoms with E-state index in [0.29, 0.717) is 11.3 Å². The first-order valence-electron chi connectivity index (χ1n) is 6.07. The van der Waals surface area contributed by atoms with Gasteiger partial charge in [-0.25, -0.2) is 0 Å². The van der Waals surface area contributed by atoms with Gasteiger partial charge in [0.15, 0.2) is 0 Å². The van der Waals surface area contributed by atoms with E-state index in [1.54, 1.807) is 0 Å². The lowest BCUT2D eigenvalue weighted by Crippen LogP contribution is -2.13. The summed E-state index contributed by atoms with van der Waals surface area (Å²) in [4.78, 5) is 0. The minimum absolute atomic E-state index is 0.415. The van der Waals surface area contributed by atoms with E-state index in [1.807, 2.05) is 24.3 Å². The van der Waals surface area contributed by atoms with Crippen LogP contribution in [0.2, 0.25) is 0 Å². The maximum Gasteiger partial charge on any atom is 0.127 e. The Labute approximate surface area is 99.8 Å². The molecule has 0 spiro atoms. The third-order valence-electron chi connectivity index (χ3n) is 2.51. The molecule has 1 aromatic rings. The van der Waals surface area contributed by atoms with Gasteiger partial charge in [0.25, 0.3) is 0 Å². The molecule has 0 saturated heterocycles. The number of hydrogen-bond acceptors (Lipinski definition) is 1. The molecular weight excluding hydrogens is 196 g/mol. The Morgan fingerprint density at radius 3 is 2.62 bits per heavy atom. The molecule has 89 valence electrons. The fourth-order valence-electron chi connectivity index (χ4n) is 1.98. The molecule has 1 radical (unpaired) electrons. The Morgan fingerprint density at radius 1 is 1.31 bits per heavy atom. The van der Waals surface area contributed by atoms with E-state index in [-0.39, 0.29) is 0 Å². The number of para-hydroxylation sites is 1. The van der Waals surface area contributed by atoms with Gasteiger partial charge in [0.1, 0.15) is 5.75 Å². The molecule has 1 aromatic carbocycles. The SMILES string of the molecule is CC(CCOc1[c]cccc1)CC(C)(C)C. The van der Waals surface area contributed by atoms with Crippen molar-refractivity contribution in [3.8, 4) is 5.75 Å². The molecule has 1 atom stereocenters. The highest BCUT2D eigenvalue weighted by molar-refractivity contribution is 5.19. The van der Waals surface area contributed by atoms with Crippen molar-refractivity contribution in [2.24, 2.45) is 11.3 Å². The molecule has 0 fully saturated rings. The van der Waals surface area contributed by atoms with Crippen LogP contribution < -0.4 is 4.74 Å². The smallest absolute Gasteiger partial charge is 0.127 e. The Morgan fingerprint density at radius 2 is 2.06 bits per heavy atom. The third kappa shape index (κ3) is 5.79. The van der Waals surface area contributed by atoms with Crippen molar-refractivity contribution in [2.75, 3.05) is 6.61 Å². The van der Waals surface area contributed by atoms with Crippen molar-refractivity contribution in [1.29, 1.82) is 0 Å². The van der Waals surface area contributed by atoms with Gasteiger partial charge in [-0.3, -0.25) is 0 Å². The fourth-order valence-corrected chi connectivity index (χ4v) is 1.98. The molecule has 0 bridgehead atoms. The molecule has 1 rings (SSSR count). The van der Waals surface area contributed by atoms with Gasteiger partial charge in [0, 0.05) is 6.07 Å². The Bertz CT molecular complexity index is 284. The first-order valence-corrected chi connectivity index (χ1v) is 6.07. The first kappa shape index (κ1) is 13.1. The molecule has 0 amide bonds. The van der Waals surface area contributed by atoms with E-state index in [9.17, 15) is 0 Å². The van der Waals surface area contributed by atoms with E-state index in [0.717, 1.165) is 18.8 Å². The first-order chi connectivity index (χ1) is 7.47. The van der Waals surface area contributed by atoms with Crippen molar-refractivity contribution in [3.05, 3.63) is 30.3 Å². The normalized spacial score (nSPS) is 13.5. The predicted molar refractivity (Wildman–Crippen MR) is 68.6 cm³/mol. The number of ether oxygens (including phenoxy) is 1. The number of benzene rings is 1. The van der Waals surface area contributed by atoms with Crippen LogP contribution in [0.15, 0.2) is 24.3 Å². The second kappa shape index (κ2) is 5.93. The standard InChI is InChI=1S/C15H23O/c1-13(12-15(2,3)4)10-11-16-14-8-6-5-7-9-14/h5-8,13H,10-12H2,1-4H3. The number of rotatable bonds is 5. The Hall–Kier alpha value is -0.980. The Kier molecular flexibility index (Phi) is 4.85.